The van der Waals surface area contributed by atoms with E-state index in [4.69, 9.17) is 9.15 Å². The second-order valence-electron chi connectivity index (χ2n) is 10.2. The Bertz CT molecular complexity index is 2240. The molecule has 8 aromatic rings. The number of furan rings is 1. The predicted octanol–water partition coefficient (Wildman–Crippen LogP) is 9.47. The first-order chi connectivity index (χ1) is 19.3. The van der Waals surface area contributed by atoms with Gasteiger partial charge in [0.15, 0.2) is 5.75 Å². The Hall–Kier alpha value is -5.22. The molecule has 0 saturated carbocycles. The van der Waals surface area contributed by atoms with Crippen molar-refractivity contribution < 1.29 is 9.15 Å². The molecule has 0 radical (unpaired) electrons. The van der Waals surface area contributed by atoms with Gasteiger partial charge in [0.25, 0.3) is 6.35 Å². The number of hydrogen-bond donors (Lipinski definition) is 1. The number of fused-ring (bicyclic) bond motifs is 9. The van der Waals surface area contributed by atoms with Gasteiger partial charge in [-0.1, -0.05) is 91.0 Å². The fourth-order valence-electron chi connectivity index (χ4n) is 6.26. The number of nitrogens with one attached hydrogen (secondary N) is 1. The van der Waals surface area contributed by atoms with E-state index in [1.807, 2.05) is 18.2 Å². The Morgan fingerprint density at radius 1 is 0.615 bits per heavy atom. The summed E-state index contributed by atoms with van der Waals surface area (Å²) in [6, 6.07) is 42.4. The lowest BCUT2D eigenvalue weighted by Gasteiger charge is -2.16. The second kappa shape index (κ2) is 7.65. The van der Waals surface area contributed by atoms with Gasteiger partial charge in [0, 0.05) is 21.7 Å². The zero-order valence-corrected chi connectivity index (χ0v) is 20.9. The van der Waals surface area contributed by atoms with Crippen molar-refractivity contribution >= 4 is 60.2 Å². The first-order valence-corrected chi connectivity index (χ1v) is 13.2. The minimum Gasteiger partial charge on any atom is -0.455 e. The third-order valence-electron chi connectivity index (χ3n) is 8.01. The number of hydrogen-bond acceptors (Lipinski definition) is 3. The molecule has 1 atom stereocenters. The van der Waals surface area contributed by atoms with Gasteiger partial charge in [0.1, 0.15) is 11.2 Å². The van der Waals surface area contributed by atoms with Crippen molar-refractivity contribution in [3.8, 4) is 16.9 Å². The van der Waals surface area contributed by atoms with Gasteiger partial charge >= 0.3 is 0 Å². The smallest absolute Gasteiger partial charge is 0.255 e. The molecule has 39 heavy (non-hydrogen) atoms. The van der Waals surface area contributed by atoms with Crippen LogP contribution in [0.1, 0.15) is 6.35 Å². The van der Waals surface area contributed by atoms with Crippen LogP contribution in [0, 0.1) is 0 Å². The third-order valence-corrected chi connectivity index (χ3v) is 8.01. The molecule has 3 heterocycles. The van der Waals surface area contributed by atoms with Crippen LogP contribution >= 0.6 is 0 Å². The zero-order chi connectivity index (χ0) is 25.5. The van der Waals surface area contributed by atoms with Crippen molar-refractivity contribution in [3.63, 3.8) is 0 Å². The van der Waals surface area contributed by atoms with Crippen molar-refractivity contribution in [2.75, 3.05) is 5.32 Å². The Morgan fingerprint density at radius 3 is 2.21 bits per heavy atom. The molecule has 0 saturated heterocycles. The van der Waals surface area contributed by atoms with Crippen LogP contribution in [0.15, 0.2) is 126 Å². The quantitative estimate of drug-likeness (QED) is 0.256. The van der Waals surface area contributed by atoms with E-state index < -0.39 is 6.35 Å². The maximum atomic E-state index is 6.84. The zero-order valence-electron chi connectivity index (χ0n) is 20.9. The molecule has 1 N–H and O–H groups in total. The lowest BCUT2D eigenvalue weighted by Crippen LogP contribution is -2.18. The summed E-state index contributed by atoms with van der Waals surface area (Å²) < 4.78 is 15.6. The SMILES string of the molecule is c1ccc(-c2cc3c(c4c2oc2ccccc24)OC(n2c4ccccc4c4cc5ccccc5cc42)N3)cc1. The van der Waals surface area contributed by atoms with Crippen LogP contribution in [0.5, 0.6) is 5.75 Å². The average Bonchev–Trinajstić information content (AvgIpc) is 3.67. The molecule has 1 aliphatic heterocycles. The molecule has 4 nitrogen and oxygen atoms in total. The standard InChI is InChI=1S/C35H22N2O2/c1-2-10-21(11-3-1)26-20-28-34(32-25-15-7-9-17-31(25)38-33(26)32)39-35(36-28)37-29-16-8-6-14-24(29)27-18-22-12-4-5-13-23(22)19-30(27)37/h1-20,35-36H. The molecule has 0 aliphatic carbocycles. The van der Waals surface area contributed by atoms with Gasteiger partial charge in [-0.25, -0.2) is 0 Å². The Balaban J connectivity index is 1.31. The summed E-state index contributed by atoms with van der Waals surface area (Å²) in [4.78, 5) is 0. The van der Waals surface area contributed by atoms with Crippen molar-refractivity contribution in [1.29, 1.82) is 0 Å². The number of rotatable bonds is 2. The molecule has 0 bridgehead atoms. The van der Waals surface area contributed by atoms with E-state index >= 15 is 0 Å². The van der Waals surface area contributed by atoms with Crippen LogP contribution in [0.25, 0.3) is 65.6 Å². The second-order valence-corrected chi connectivity index (χ2v) is 10.2. The van der Waals surface area contributed by atoms with Crippen molar-refractivity contribution in [3.05, 3.63) is 121 Å². The van der Waals surface area contributed by atoms with Crippen LogP contribution < -0.4 is 10.1 Å². The maximum absolute atomic E-state index is 6.84. The van der Waals surface area contributed by atoms with Gasteiger partial charge in [-0.3, -0.25) is 4.57 Å². The predicted molar refractivity (Wildman–Crippen MR) is 159 cm³/mol. The third kappa shape index (κ3) is 2.88. The summed E-state index contributed by atoms with van der Waals surface area (Å²) in [5.41, 5.74) is 7.08. The maximum Gasteiger partial charge on any atom is 0.255 e. The number of aromatic nitrogens is 1. The molecule has 2 aromatic heterocycles. The van der Waals surface area contributed by atoms with Crippen LogP contribution in [0.3, 0.4) is 0 Å². The largest absolute Gasteiger partial charge is 0.455 e. The molecular weight excluding hydrogens is 480 g/mol. The van der Waals surface area contributed by atoms with Gasteiger partial charge in [0.2, 0.25) is 0 Å². The van der Waals surface area contributed by atoms with Gasteiger partial charge < -0.3 is 14.5 Å². The summed E-state index contributed by atoms with van der Waals surface area (Å²) >= 11 is 0. The lowest BCUT2D eigenvalue weighted by molar-refractivity contribution is 0.195. The first kappa shape index (κ1) is 20.8. The van der Waals surface area contributed by atoms with E-state index in [2.05, 4.69) is 113 Å². The van der Waals surface area contributed by atoms with Gasteiger partial charge in [0.05, 0.1) is 22.1 Å². The first-order valence-electron chi connectivity index (χ1n) is 13.2. The van der Waals surface area contributed by atoms with Crippen molar-refractivity contribution in [2.24, 2.45) is 0 Å². The summed E-state index contributed by atoms with van der Waals surface area (Å²) in [5.74, 6) is 0.825. The van der Waals surface area contributed by atoms with Crippen molar-refractivity contribution in [1.82, 2.24) is 4.57 Å². The van der Waals surface area contributed by atoms with Crippen LogP contribution in [0.4, 0.5) is 5.69 Å². The van der Waals surface area contributed by atoms with E-state index in [1.165, 1.54) is 21.5 Å². The summed E-state index contributed by atoms with van der Waals surface area (Å²) in [6.45, 7) is 0. The Kier molecular flexibility index (Phi) is 4.08. The number of nitrogens with zero attached hydrogens (tertiary/aromatic N) is 1. The molecular formula is C35H22N2O2. The van der Waals surface area contributed by atoms with E-state index in [0.717, 1.165) is 55.5 Å². The number of para-hydroxylation sites is 2. The highest BCUT2D eigenvalue weighted by atomic mass is 16.5. The number of ether oxygens (including phenoxy) is 1. The van der Waals surface area contributed by atoms with Gasteiger partial charge in [-0.05, 0) is 46.7 Å². The van der Waals surface area contributed by atoms with E-state index in [-0.39, 0.29) is 0 Å². The monoisotopic (exact) mass is 502 g/mol. The lowest BCUT2D eigenvalue weighted by atomic mass is 10.0. The van der Waals surface area contributed by atoms with Gasteiger partial charge in [-0.15, -0.1) is 0 Å². The Labute approximate surface area is 223 Å². The van der Waals surface area contributed by atoms with E-state index in [9.17, 15) is 0 Å². The van der Waals surface area contributed by atoms with Crippen LogP contribution in [-0.2, 0) is 0 Å². The van der Waals surface area contributed by atoms with E-state index in [1.54, 1.807) is 0 Å². The molecule has 4 heteroatoms. The fraction of sp³-hybridized carbons (Fsp3) is 0.0286. The van der Waals surface area contributed by atoms with E-state index in [0.29, 0.717) is 0 Å². The number of anilines is 1. The summed E-state index contributed by atoms with van der Waals surface area (Å²) in [6.07, 6.45) is -0.411. The molecule has 1 aliphatic rings. The van der Waals surface area contributed by atoms with Crippen LogP contribution in [-0.4, -0.2) is 4.57 Å². The van der Waals surface area contributed by atoms with Crippen molar-refractivity contribution in [2.45, 2.75) is 6.35 Å². The van der Waals surface area contributed by atoms with Gasteiger partial charge in [-0.2, -0.15) is 0 Å². The normalized spacial score (nSPS) is 14.8. The minimum absolute atomic E-state index is 0.411. The highest BCUT2D eigenvalue weighted by Crippen LogP contribution is 2.50. The highest BCUT2D eigenvalue weighted by molar-refractivity contribution is 6.16. The van der Waals surface area contributed by atoms with Crippen LogP contribution in [0.2, 0.25) is 0 Å². The molecule has 0 amide bonds. The number of benzene rings is 6. The molecule has 0 spiro atoms. The Morgan fingerprint density at radius 2 is 1.33 bits per heavy atom. The molecule has 6 aromatic carbocycles. The summed E-state index contributed by atoms with van der Waals surface area (Å²) in [7, 11) is 0. The molecule has 0 fully saturated rings. The molecule has 184 valence electrons. The summed E-state index contributed by atoms with van der Waals surface area (Å²) in [5, 5.41) is 10.6. The fourth-order valence-corrected chi connectivity index (χ4v) is 6.26. The minimum atomic E-state index is -0.411. The average molecular weight is 503 g/mol. The highest BCUT2D eigenvalue weighted by Gasteiger charge is 2.31. The topological polar surface area (TPSA) is 39.3 Å². The molecule has 1 unspecified atom stereocenters. The molecule has 9 rings (SSSR count).